The molecule has 0 radical (unpaired) electrons. The SMILES string of the molecule is CC(N)C1CCCN(C(=O)c2cc3cc([N+](=O)[O-])ccc3s2)C1.Cl. The molecule has 1 aliphatic heterocycles. The molecule has 1 aromatic heterocycles. The Kier molecular flexibility index (Phi) is 5.79. The summed E-state index contributed by atoms with van der Waals surface area (Å²) in [4.78, 5) is 25.6. The smallest absolute Gasteiger partial charge is 0.270 e. The number of halogens is 1. The summed E-state index contributed by atoms with van der Waals surface area (Å²) in [5, 5.41) is 11.6. The molecule has 24 heavy (non-hydrogen) atoms. The molecule has 1 aliphatic rings. The lowest BCUT2D eigenvalue weighted by atomic mass is 9.92. The number of likely N-dealkylation sites (tertiary alicyclic amines) is 1. The van der Waals surface area contributed by atoms with E-state index in [9.17, 15) is 14.9 Å². The number of hydrogen-bond acceptors (Lipinski definition) is 5. The van der Waals surface area contributed by atoms with Crippen LogP contribution >= 0.6 is 23.7 Å². The molecule has 8 heteroatoms. The fourth-order valence-corrected chi connectivity index (χ4v) is 4.04. The van der Waals surface area contributed by atoms with Gasteiger partial charge in [-0.15, -0.1) is 23.7 Å². The highest BCUT2D eigenvalue weighted by atomic mass is 35.5. The molecule has 130 valence electrons. The number of nitrogens with two attached hydrogens (primary N) is 1. The van der Waals surface area contributed by atoms with Gasteiger partial charge in [-0.05, 0) is 37.8 Å². The predicted octanol–water partition coefficient (Wildman–Crippen LogP) is 3.43. The van der Waals surface area contributed by atoms with E-state index in [-0.39, 0.29) is 30.0 Å². The van der Waals surface area contributed by atoms with Gasteiger partial charge < -0.3 is 10.6 Å². The lowest BCUT2D eigenvalue weighted by molar-refractivity contribution is -0.384. The van der Waals surface area contributed by atoms with Crippen LogP contribution in [0.5, 0.6) is 0 Å². The van der Waals surface area contributed by atoms with Crippen LogP contribution in [0.4, 0.5) is 5.69 Å². The Balaban J connectivity index is 0.00000208. The highest BCUT2D eigenvalue weighted by Crippen LogP contribution is 2.30. The number of nitro benzene ring substituents is 1. The number of carbonyl (C=O) groups is 1. The van der Waals surface area contributed by atoms with E-state index in [1.54, 1.807) is 12.1 Å². The lowest BCUT2D eigenvalue weighted by Gasteiger charge is -2.34. The third kappa shape index (κ3) is 3.68. The van der Waals surface area contributed by atoms with E-state index in [1.165, 1.54) is 23.5 Å². The maximum atomic E-state index is 12.7. The zero-order valence-corrected chi connectivity index (χ0v) is 14.9. The molecule has 2 aromatic rings. The fourth-order valence-electron chi connectivity index (χ4n) is 3.03. The second-order valence-electron chi connectivity index (χ2n) is 6.10. The average Bonchev–Trinajstić information content (AvgIpc) is 2.97. The second kappa shape index (κ2) is 7.46. The summed E-state index contributed by atoms with van der Waals surface area (Å²) >= 11 is 1.38. The van der Waals surface area contributed by atoms with Crippen LogP contribution in [0.25, 0.3) is 10.1 Å². The number of thiophene rings is 1. The van der Waals surface area contributed by atoms with Gasteiger partial charge in [0.25, 0.3) is 11.6 Å². The van der Waals surface area contributed by atoms with Gasteiger partial charge in [0.15, 0.2) is 0 Å². The standard InChI is InChI=1S/C16H19N3O3S.ClH/c1-10(17)11-3-2-6-18(9-11)16(20)15-8-12-7-13(19(21)22)4-5-14(12)23-15;/h4-5,7-8,10-11H,2-3,6,9,17H2,1H3;1H. The average molecular weight is 370 g/mol. The van der Waals surface area contributed by atoms with Crippen LogP contribution in [-0.2, 0) is 0 Å². The minimum absolute atomic E-state index is 0. The Labute approximate surface area is 150 Å². The van der Waals surface area contributed by atoms with Crippen LogP contribution in [0, 0.1) is 16.0 Å². The summed E-state index contributed by atoms with van der Waals surface area (Å²) in [6.45, 7) is 3.42. The van der Waals surface area contributed by atoms with Crippen molar-refractivity contribution in [3.05, 3.63) is 39.3 Å². The van der Waals surface area contributed by atoms with Crippen LogP contribution < -0.4 is 5.73 Å². The van der Waals surface area contributed by atoms with E-state index in [0.717, 1.165) is 29.5 Å². The molecule has 1 amide bonds. The van der Waals surface area contributed by atoms with Crippen molar-refractivity contribution in [1.29, 1.82) is 0 Å². The molecule has 2 N–H and O–H groups in total. The maximum absolute atomic E-state index is 12.7. The number of fused-ring (bicyclic) bond motifs is 1. The van der Waals surface area contributed by atoms with Crippen molar-refractivity contribution in [1.82, 2.24) is 4.90 Å². The predicted molar refractivity (Wildman–Crippen MR) is 98.0 cm³/mol. The molecule has 0 saturated carbocycles. The van der Waals surface area contributed by atoms with Crippen molar-refractivity contribution in [3.63, 3.8) is 0 Å². The summed E-state index contributed by atoms with van der Waals surface area (Å²) in [5.41, 5.74) is 6.02. The molecule has 0 spiro atoms. The number of carbonyl (C=O) groups excluding carboxylic acids is 1. The van der Waals surface area contributed by atoms with E-state index in [4.69, 9.17) is 5.73 Å². The molecule has 2 unspecified atom stereocenters. The first kappa shape index (κ1) is 18.6. The number of piperidine rings is 1. The first-order valence-corrected chi connectivity index (χ1v) is 8.50. The van der Waals surface area contributed by atoms with Gasteiger partial charge in [0.2, 0.25) is 0 Å². The number of rotatable bonds is 3. The number of amides is 1. The Morgan fingerprint density at radius 2 is 2.21 bits per heavy atom. The number of nitrogens with zero attached hydrogens (tertiary/aromatic N) is 2. The largest absolute Gasteiger partial charge is 0.338 e. The van der Waals surface area contributed by atoms with Crippen LogP contribution in [0.15, 0.2) is 24.3 Å². The number of non-ortho nitro benzene ring substituents is 1. The van der Waals surface area contributed by atoms with E-state index < -0.39 is 4.92 Å². The Morgan fingerprint density at radius 3 is 2.88 bits per heavy atom. The summed E-state index contributed by atoms with van der Waals surface area (Å²) < 4.78 is 0.889. The molecular formula is C16H20ClN3O3S. The highest BCUT2D eigenvalue weighted by Gasteiger charge is 2.27. The molecule has 0 aliphatic carbocycles. The number of nitro groups is 1. The van der Waals surface area contributed by atoms with Gasteiger partial charge in [-0.3, -0.25) is 14.9 Å². The second-order valence-corrected chi connectivity index (χ2v) is 7.19. The molecule has 3 rings (SSSR count). The van der Waals surface area contributed by atoms with Crippen molar-refractivity contribution < 1.29 is 9.72 Å². The summed E-state index contributed by atoms with van der Waals surface area (Å²) in [7, 11) is 0. The Hall–Kier alpha value is -1.70. The summed E-state index contributed by atoms with van der Waals surface area (Å²) in [5.74, 6) is 0.336. The third-order valence-electron chi connectivity index (χ3n) is 4.41. The van der Waals surface area contributed by atoms with Gasteiger partial charge in [0.05, 0.1) is 9.80 Å². The van der Waals surface area contributed by atoms with Gasteiger partial charge >= 0.3 is 0 Å². The number of benzene rings is 1. The van der Waals surface area contributed by atoms with Crippen molar-refractivity contribution >= 4 is 45.4 Å². The van der Waals surface area contributed by atoms with Gasteiger partial charge in [0, 0.05) is 41.4 Å². The van der Waals surface area contributed by atoms with Gasteiger partial charge in [-0.2, -0.15) is 0 Å². The summed E-state index contributed by atoms with van der Waals surface area (Å²) in [6, 6.07) is 6.53. The normalized spacial score (nSPS) is 18.9. The molecule has 0 bridgehead atoms. The van der Waals surface area contributed by atoms with Crippen molar-refractivity contribution in [2.24, 2.45) is 11.7 Å². The van der Waals surface area contributed by atoms with Crippen LogP contribution in [0.3, 0.4) is 0 Å². The Morgan fingerprint density at radius 1 is 1.46 bits per heavy atom. The van der Waals surface area contributed by atoms with Gasteiger partial charge in [-0.25, -0.2) is 0 Å². The molecule has 1 saturated heterocycles. The zero-order chi connectivity index (χ0) is 16.6. The van der Waals surface area contributed by atoms with Gasteiger partial charge in [0.1, 0.15) is 0 Å². The minimum atomic E-state index is -0.420. The van der Waals surface area contributed by atoms with Crippen molar-refractivity contribution in [3.8, 4) is 0 Å². The quantitative estimate of drug-likeness (QED) is 0.663. The van der Waals surface area contributed by atoms with Crippen LogP contribution in [0.2, 0.25) is 0 Å². The van der Waals surface area contributed by atoms with E-state index in [1.807, 2.05) is 11.8 Å². The maximum Gasteiger partial charge on any atom is 0.270 e. The molecule has 2 atom stereocenters. The van der Waals surface area contributed by atoms with Crippen molar-refractivity contribution in [2.45, 2.75) is 25.8 Å². The highest BCUT2D eigenvalue weighted by molar-refractivity contribution is 7.20. The first-order chi connectivity index (χ1) is 11.0. The Bertz CT molecular complexity index is 762. The third-order valence-corrected chi connectivity index (χ3v) is 5.51. The first-order valence-electron chi connectivity index (χ1n) is 7.68. The lowest BCUT2D eigenvalue weighted by Crippen LogP contribution is -2.44. The molecule has 6 nitrogen and oxygen atoms in total. The van der Waals surface area contributed by atoms with Crippen LogP contribution in [0.1, 0.15) is 29.4 Å². The monoisotopic (exact) mass is 369 g/mol. The molecule has 1 fully saturated rings. The molecule has 2 heterocycles. The molecule has 1 aromatic carbocycles. The molecular weight excluding hydrogens is 350 g/mol. The van der Waals surface area contributed by atoms with E-state index in [2.05, 4.69) is 0 Å². The fraction of sp³-hybridized carbons (Fsp3) is 0.438. The number of hydrogen-bond donors (Lipinski definition) is 1. The van der Waals surface area contributed by atoms with Crippen LogP contribution in [-0.4, -0.2) is 34.9 Å². The minimum Gasteiger partial charge on any atom is -0.338 e. The summed E-state index contributed by atoms with van der Waals surface area (Å²) in [6.07, 6.45) is 2.02. The topological polar surface area (TPSA) is 89.5 Å². The van der Waals surface area contributed by atoms with E-state index >= 15 is 0 Å². The van der Waals surface area contributed by atoms with Gasteiger partial charge in [-0.1, -0.05) is 0 Å². The van der Waals surface area contributed by atoms with E-state index in [0.29, 0.717) is 17.3 Å². The van der Waals surface area contributed by atoms with Crippen molar-refractivity contribution in [2.75, 3.05) is 13.1 Å². The zero-order valence-electron chi connectivity index (χ0n) is 13.3.